The Bertz CT molecular complexity index is 720. The lowest BCUT2D eigenvalue weighted by atomic mass is 10.1. The molecule has 0 atom stereocenters. The highest BCUT2D eigenvalue weighted by atomic mass is 16.2. The Kier molecular flexibility index (Phi) is 5.83. The Labute approximate surface area is 148 Å². The van der Waals surface area contributed by atoms with Crippen LogP contribution in [0.15, 0.2) is 54.6 Å². The zero-order valence-electron chi connectivity index (χ0n) is 14.4. The molecule has 1 fully saturated rings. The van der Waals surface area contributed by atoms with Crippen molar-refractivity contribution < 1.29 is 9.59 Å². The maximum Gasteiger partial charge on any atom is 0.255 e. The molecule has 25 heavy (non-hydrogen) atoms. The van der Waals surface area contributed by atoms with Crippen molar-refractivity contribution in [2.45, 2.75) is 32.1 Å². The van der Waals surface area contributed by atoms with Crippen molar-refractivity contribution in [2.24, 2.45) is 0 Å². The molecule has 2 aromatic rings. The molecule has 1 saturated heterocycles. The van der Waals surface area contributed by atoms with Crippen LogP contribution in [0.3, 0.4) is 0 Å². The summed E-state index contributed by atoms with van der Waals surface area (Å²) >= 11 is 0. The number of hydrogen-bond acceptors (Lipinski definition) is 2. The van der Waals surface area contributed by atoms with Crippen LogP contribution in [0.2, 0.25) is 0 Å². The Morgan fingerprint density at radius 2 is 1.36 bits per heavy atom. The number of hydrogen-bond donors (Lipinski definition) is 1. The van der Waals surface area contributed by atoms with E-state index in [1.54, 1.807) is 24.3 Å². The molecule has 0 radical (unpaired) electrons. The van der Waals surface area contributed by atoms with Gasteiger partial charge >= 0.3 is 0 Å². The van der Waals surface area contributed by atoms with E-state index in [-0.39, 0.29) is 11.8 Å². The summed E-state index contributed by atoms with van der Waals surface area (Å²) in [6.07, 6.45) is 5.70. The minimum Gasteiger partial charge on any atom is -0.339 e. The summed E-state index contributed by atoms with van der Waals surface area (Å²) in [6.45, 7) is 1.58. The molecule has 0 spiro atoms. The van der Waals surface area contributed by atoms with Gasteiger partial charge in [-0.1, -0.05) is 49.6 Å². The molecule has 0 unspecified atom stereocenters. The second-order valence-electron chi connectivity index (χ2n) is 6.43. The third-order valence-corrected chi connectivity index (χ3v) is 4.58. The molecular weight excluding hydrogens is 312 g/mol. The number of anilines is 1. The van der Waals surface area contributed by atoms with E-state index in [2.05, 4.69) is 5.32 Å². The minimum atomic E-state index is -0.200. The summed E-state index contributed by atoms with van der Waals surface area (Å²) in [5, 5.41) is 2.89. The standard InChI is InChI=1S/C21H24N2O2/c24-20(17-11-5-4-6-12-17)22-19-14-8-7-13-18(19)21(25)23-15-9-2-1-3-10-16-23/h4-8,11-14H,1-3,9-10,15-16H2,(H,22,24). The van der Waals surface area contributed by atoms with Crippen molar-refractivity contribution in [3.63, 3.8) is 0 Å². The Morgan fingerprint density at radius 1 is 0.760 bits per heavy atom. The van der Waals surface area contributed by atoms with Gasteiger partial charge in [0.25, 0.3) is 11.8 Å². The van der Waals surface area contributed by atoms with Crippen LogP contribution < -0.4 is 5.32 Å². The monoisotopic (exact) mass is 336 g/mol. The van der Waals surface area contributed by atoms with Gasteiger partial charge in [-0.05, 0) is 37.1 Å². The molecular formula is C21H24N2O2. The van der Waals surface area contributed by atoms with E-state index in [1.807, 2.05) is 35.2 Å². The maximum absolute atomic E-state index is 13.0. The number of nitrogens with one attached hydrogen (secondary N) is 1. The number of carbonyl (C=O) groups is 2. The van der Waals surface area contributed by atoms with Gasteiger partial charge in [0.15, 0.2) is 0 Å². The molecule has 4 heteroatoms. The molecule has 2 amide bonds. The summed E-state index contributed by atoms with van der Waals surface area (Å²) in [5.41, 5.74) is 1.71. The third kappa shape index (κ3) is 4.47. The first kappa shape index (κ1) is 17.2. The number of benzene rings is 2. The highest BCUT2D eigenvalue weighted by Crippen LogP contribution is 2.20. The summed E-state index contributed by atoms with van der Waals surface area (Å²) in [4.78, 5) is 27.3. The summed E-state index contributed by atoms with van der Waals surface area (Å²) < 4.78 is 0. The molecule has 0 bridgehead atoms. The number of rotatable bonds is 3. The average Bonchev–Trinajstić information content (AvgIpc) is 2.62. The quantitative estimate of drug-likeness (QED) is 0.906. The normalized spacial score (nSPS) is 15.1. The van der Waals surface area contributed by atoms with Crippen molar-refractivity contribution in [3.8, 4) is 0 Å². The van der Waals surface area contributed by atoms with Crippen molar-refractivity contribution in [2.75, 3.05) is 18.4 Å². The zero-order valence-corrected chi connectivity index (χ0v) is 14.4. The first-order valence-corrected chi connectivity index (χ1v) is 9.00. The molecule has 130 valence electrons. The van der Waals surface area contributed by atoms with E-state index in [4.69, 9.17) is 0 Å². The summed E-state index contributed by atoms with van der Waals surface area (Å²) in [6, 6.07) is 16.3. The van der Waals surface area contributed by atoms with Crippen LogP contribution in [0.25, 0.3) is 0 Å². The van der Waals surface area contributed by atoms with E-state index in [1.165, 1.54) is 19.3 Å². The van der Waals surface area contributed by atoms with Gasteiger partial charge in [-0.15, -0.1) is 0 Å². The average molecular weight is 336 g/mol. The molecule has 1 N–H and O–H groups in total. The largest absolute Gasteiger partial charge is 0.339 e. The Morgan fingerprint density at radius 3 is 2.08 bits per heavy atom. The zero-order chi connectivity index (χ0) is 17.5. The van der Waals surface area contributed by atoms with E-state index in [0.29, 0.717) is 16.8 Å². The highest BCUT2D eigenvalue weighted by Gasteiger charge is 2.20. The van der Waals surface area contributed by atoms with Crippen LogP contribution in [-0.2, 0) is 0 Å². The first-order chi connectivity index (χ1) is 12.3. The topological polar surface area (TPSA) is 49.4 Å². The minimum absolute atomic E-state index is 0.00543. The molecule has 4 nitrogen and oxygen atoms in total. The molecule has 0 aromatic heterocycles. The van der Waals surface area contributed by atoms with Gasteiger partial charge in [0, 0.05) is 18.7 Å². The summed E-state index contributed by atoms with van der Waals surface area (Å²) in [5.74, 6) is -0.195. The van der Waals surface area contributed by atoms with E-state index in [9.17, 15) is 9.59 Å². The lowest BCUT2D eigenvalue weighted by Crippen LogP contribution is -2.34. The number of para-hydroxylation sites is 1. The van der Waals surface area contributed by atoms with E-state index in [0.717, 1.165) is 25.9 Å². The molecule has 0 aliphatic carbocycles. The van der Waals surface area contributed by atoms with Gasteiger partial charge in [0.1, 0.15) is 0 Å². The van der Waals surface area contributed by atoms with E-state index >= 15 is 0 Å². The number of nitrogens with zero attached hydrogens (tertiary/aromatic N) is 1. The molecule has 1 heterocycles. The van der Waals surface area contributed by atoms with Crippen molar-refractivity contribution in [3.05, 3.63) is 65.7 Å². The third-order valence-electron chi connectivity index (χ3n) is 4.58. The highest BCUT2D eigenvalue weighted by molar-refractivity contribution is 6.08. The lowest BCUT2D eigenvalue weighted by molar-refractivity contribution is 0.0743. The smallest absolute Gasteiger partial charge is 0.255 e. The van der Waals surface area contributed by atoms with Crippen molar-refractivity contribution >= 4 is 17.5 Å². The van der Waals surface area contributed by atoms with Gasteiger partial charge in [-0.2, -0.15) is 0 Å². The van der Waals surface area contributed by atoms with Gasteiger partial charge in [0.2, 0.25) is 0 Å². The lowest BCUT2D eigenvalue weighted by Gasteiger charge is -2.25. The predicted molar refractivity (Wildman–Crippen MR) is 99.8 cm³/mol. The fourth-order valence-electron chi connectivity index (χ4n) is 3.18. The first-order valence-electron chi connectivity index (χ1n) is 9.00. The SMILES string of the molecule is O=C(Nc1ccccc1C(=O)N1CCCCCCC1)c1ccccc1. The Balaban J connectivity index is 1.78. The van der Waals surface area contributed by atoms with Crippen molar-refractivity contribution in [1.29, 1.82) is 0 Å². The number of carbonyl (C=O) groups excluding carboxylic acids is 2. The van der Waals surface area contributed by atoms with Crippen LogP contribution in [0, 0.1) is 0 Å². The van der Waals surface area contributed by atoms with Crippen LogP contribution in [0.1, 0.15) is 52.8 Å². The number of likely N-dealkylation sites (tertiary alicyclic amines) is 1. The fourth-order valence-corrected chi connectivity index (χ4v) is 3.18. The van der Waals surface area contributed by atoms with E-state index < -0.39 is 0 Å². The maximum atomic E-state index is 13.0. The Hall–Kier alpha value is -2.62. The van der Waals surface area contributed by atoms with Gasteiger partial charge < -0.3 is 10.2 Å². The number of amides is 2. The second-order valence-corrected chi connectivity index (χ2v) is 6.43. The molecule has 1 aliphatic rings. The van der Waals surface area contributed by atoms with Crippen LogP contribution >= 0.6 is 0 Å². The fraction of sp³-hybridized carbons (Fsp3) is 0.333. The van der Waals surface area contributed by atoms with Gasteiger partial charge in [-0.25, -0.2) is 0 Å². The molecule has 0 saturated carbocycles. The van der Waals surface area contributed by atoms with Crippen LogP contribution in [0.4, 0.5) is 5.69 Å². The van der Waals surface area contributed by atoms with Gasteiger partial charge in [-0.3, -0.25) is 9.59 Å². The summed E-state index contributed by atoms with van der Waals surface area (Å²) in [7, 11) is 0. The molecule has 3 rings (SSSR count). The second kappa shape index (κ2) is 8.47. The molecule has 1 aliphatic heterocycles. The van der Waals surface area contributed by atoms with Crippen LogP contribution in [0.5, 0.6) is 0 Å². The van der Waals surface area contributed by atoms with Crippen LogP contribution in [-0.4, -0.2) is 29.8 Å². The van der Waals surface area contributed by atoms with Gasteiger partial charge in [0.05, 0.1) is 11.3 Å². The predicted octanol–water partition coefficient (Wildman–Crippen LogP) is 4.35. The van der Waals surface area contributed by atoms with Crippen molar-refractivity contribution in [1.82, 2.24) is 4.90 Å². The molecule has 2 aromatic carbocycles.